The maximum absolute atomic E-state index is 13.1. The molecule has 5 nitrogen and oxygen atoms in total. The fourth-order valence-corrected chi connectivity index (χ4v) is 4.42. The quantitative estimate of drug-likeness (QED) is 0.785. The smallest absolute Gasteiger partial charge is 0.276 e. The molecule has 1 aromatic carbocycles. The molecular weight excluding hydrogens is 369 g/mol. The molecule has 6 heteroatoms. The van der Waals surface area contributed by atoms with E-state index >= 15 is 0 Å². The van der Waals surface area contributed by atoms with E-state index < -0.39 is 0 Å². The monoisotopic (exact) mass is 399 g/mol. The molecule has 2 aromatic rings. The summed E-state index contributed by atoms with van der Waals surface area (Å²) in [7, 11) is 0. The third-order valence-corrected chi connectivity index (χ3v) is 6.45. The summed E-state index contributed by atoms with van der Waals surface area (Å²) in [5.41, 5.74) is 2.84. The Morgan fingerprint density at radius 1 is 1.17 bits per heavy atom. The van der Waals surface area contributed by atoms with Crippen LogP contribution in [0.4, 0.5) is 4.39 Å². The third-order valence-electron chi connectivity index (χ3n) is 6.45. The summed E-state index contributed by atoms with van der Waals surface area (Å²) in [5.74, 6) is 1.21. The summed E-state index contributed by atoms with van der Waals surface area (Å²) in [6.07, 6.45) is 2.82. The van der Waals surface area contributed by atoms with Crippen LogP contribution in [0.2, 0.25) is 0 Å². The van der Waals surface area contributed by atoms with E-state index in [4.69, 9.17) is 4.52 Å². The molecule has 0 radical (unpaired) electrons. The molecule has 2 aliphatic rings. The van der Waals surface area contributed by atoms with Crippen molar-refractivity contribution < 1.29 is 13.7 Å². The van der Waals surface area contributed by atoms with Crippen molar-refractivity contribution in [1.29, 1.82) is 0 Å². The first-order valence-corrected chi connectivity index (χ1v) is 10.5. The normalized spacial score (nSPS) is 20.6. The zero-order chi connectivity index (χ0) is 20.6. The Labute approximate surface area is 171 Å². The first-order chi connectivity index (χ1) is 13.8. The van der Waals surface area contributed by atoms with Gasteiger partial charge in [-0.05, 0) is 41.9 Å². The fourth-order valence-electron chi connectivity index (χ4n) is 4.42. The number of carbonyl (C=O) groups is 1. The lowest BCUT2D eigenvalue weighted by Crippen LogP contribution is -2.48. The van der Waals surface area contributed by atoms with Gasteiger partial charge in [0, 0.05) is 44.7 Å². The SMILES string of the molecule is CC(C)(C)[C@H]1CCc2onc(C(=O)N3CCN(Cc4ccc(F)cc4)CC3)c2C1. The van der Waals surface area contributed by atoms with Crippen molar-refractivity contribution in [3.63, 3.8) is 0 Å². The molecule has 0 spiro atoms. The van der Waals surface area contributed by atoms with Crippen LogP contribution < -0.4 is 0 Å². The molecule has 2 heterocycles. The summed E-state index contributed by atoms with van der Waals surface area (Å²) in [5, 5.41) is 4.17. The highest BCUT2D eigenvalue weighted by atomic mass is 19.1. The van der Waals surface area contributed by atoms with E-state index in [2.05, 4.69) is 30.8 Å². The number of carbonyl (C=O) groups excluding carboxylic acids is 1. The molecule has 29 heavy (non-hydrogen) atoms. The van der Waals surface area contributed by atoms with Crippen LogP contribution in [-0.4, -0.2) is 47.0 Å². The molecule has 1 amide bonds. The van der Waals surface area contributed by atoms with Gasteiger partial charge in [-0.25, -0.2) is 4.39 Å². The van der Waals surface area contributed by atoms with E-state index in [1.807, 2.05) is 17.0 Å². The third kappa shape index (κ3) is 4.37. The highest BCUT2D eigenvalue weighted by Gasteiger charge is 2.35. The lowest BCUT2D eigenvalue weighted by molar-refractivity contribution is 0.0617. The topological polar surface area (TPSA) is 49.6 Å². The van der Waals surface area contributed by atoms with E-state index in [0.717, 1.165) is 55.8 Å². The van der Waals surface area contributed by atoms with Crippen molar-refractivity contribution in [3.05, 3.63) is 52.7 Å². The fraction of sp³-hybridized carbons (Fsp3) is 0.565. The summed E-state index contributed by atoms with van der Waals surface area (Å²) < 4.78 is 18.6. The number of fused-ring (bicyclic) bond motifs is 1. The second-order valence-corrected chi connectivity index (χ2v) is 9.43. The Morgan fingerprint density at radius 3 is 2.52 bits per heavy atom. The van der Waals surface area contributed by atoms with Crippen LogP contribution in [0.3, 0.4) is 0 Å². The van der Waals surface area contributed by atoms with Gasteiger partial charge in [0.25, 0.3) is 5.91 Å². The lowest BCUT2D eigenvalue weighted by atomic mass is 9.71. The predicted molar refractivity (Wildman–Crippen MR) is 109 cm³/mol. The number of aryl methyl sites for hydroxylation is 1. The van der Waals surface area contributed by atoms with Gasteiger partial charge in [-0.3, -0.25) is 9.69 Å². The molecule has 1 saturated heterocycles. The average Bonchev–Trinajstić information content (AvgIpc) is 3.12. The second kappa shape index (κ2) is 7.90. The van der Waals surface area contributed by atoms with Crippen molar-refractivity contribution in [3.8, 4) is 0 Å². The van der Waals surface area contributed by atoms with Gasteiger partial charge in [-0.15, -0.1) is 0 Å². The molecular formula is C23H30FN3O2. The van der Waals surface area contributed by atoms with Gasteiger partial charge < -0.3 is 9.42 Å². The Bertz CT molecular complexity index is 861. The molecule has 0 saturated carbocycles. The van der Waals surface area contributed by atoms with Crippen molar-refractivity contribution in [2.75, 3.05) is 26.2 Å². The Hall–Kier alpha value is -2.21. The van der Waals surface area contributed by atoms with Gasteiger partial charge in [0.2, 0.25) is 0 Å². The number of hydrogen-bond acceptors (Lipinski definition) is 4. The zero-order valence-corrected chi connectivity index (χ0v) is 17.6. The van der Waals surface area contributed by atoms with Crippen LogP contribution in [0.25, 0.3) is 0 Å². The first kappa shape index (κ1) is 20.1. The van der Waals surface area contributed by atoms with Gasteiger partial charge in [-0.2, -0.15) is 0 Å². The first-order valence-electron chi connectivity index (χ1n) is 10.5. The number of halogens is 1. The van der Waals surface area contributed by atoms with Crippen molar-refractivity contribution in [2.45, 2.75) is 46.6 Å². The molecule has 1 fully saturated rings. The van der Waals surface area contributed by atoms with Crippen LogP contribution in [-0.2, 0) is 19.4 Å². The number of benzene rings is 1. The van der Waals surface area contributed by atoms with E-state index in [-0.39, 0.29) is 17.1 Å². The van der Waals surface area contributed by atoms with E-state index in [1.54, 1.807) is 0 Å². The second-order valence-electron chi connectivity index (χ2n) is 9.43. The minimum Gasteiger partial charge on any atom is -0.360 e. The van der Waals surface area contributed by atoms with Crippen LogP contribution in [0.5, 0.6) is 0 Å². The molecule has 0 bridgehead atoms. The summed E-state index contributed by atoms with van der Waals surface area (Å²) in [6.45, 7) is 10.5. The van der Waals surface area contributed by atoms with Crippen molar-refractivity contribution in [1.82, 2.24) is 15.0 Å². The van der Waals surface area contributed by atoms with E-state index in [0.29, 0.717) is 24.7 Å². The summed E-state index contributed by atoms with van der Waals surface area (Å²) in [6, 6.07) is 6.63. The maximum atomic E-state index is 13.1. The highest BCUT2D eigenvalue weighted by molar-refractivity contribution is 5.94. The van der Waals surface area contributed by atoms with Gasteiger partial charge in [0.1, 0.15) is 11.6 Å². The average molecular weight is 400 g/mol. The summed E-state index contributed by atoms with van der Waals surface area (Å²) in [4.78, 5) is 17.3. The van der Waals surface area contributed by atoms with Crippen LogP contribution >= 0.6 is 0 Å². The predicted octanol–water partition coefficient (Wildman–Crippen LogP) is 3.92. The molecule has 1 aromatic heterocycles. The van der Waals surface area contributed by atoms with Gasteiger partial charge in [0.05, 0.1) is 0 Å². The molecule has 0 unspecified atom stereocenters. The van der Waals surface area contributed by atoms with E-state index in [1.165, 1.54) is 12.1 Å². The van der Waals surface area contributed by atoms with Crippen molar-refractivity contribution >= 4 is 5.91 Å². The highest BCUT2D eigenvalue weighted by Crippen LogP contribution is 2.38. The molecule has 0 N–H and O–H groups in total. The minimum absolute atomic E-state index is 0.00834. The Balaban J connectivity index is 1.38. The molecule has 4 rings (SSSR count). The van der Waals surface area contributed by atoms with Crippen LogP contribution in [0.15, 0.2) is 28.8 Å². The number of piperazine rings is 1. The van der Waals surface area contributed by atoms with Gasteiger partial charge in [-0.1, -0.05) is 38.1 Å². The largest absolute Gasteiger partial charge is 0.360 e. The zero-order valence-electron chi connectivity index (χ0n) is 17.6. The maximum Gasteiger partial charge on any atom is 0.276 e. The number of hydrogen-bond donors (Lipinski definition) is 0. The number of amides is 1. The van der Waals surface area contributed by atoms with Gasteiger partial charge >= 0.3 is 0 Å². The standard InChI is InChI=1S/C23H30FN3O2/c1-23(2,3)17-6-9-20-19(14-17)21(25-29-20)22(28)27-12-10-26(11-13-27)15-16-4-7-18(24)8-5-16/h4-5,7-8,17H,6,9-15H2,1-3H3/t17-/m0/s1. The number of nitrogens with zero attached hydrogens (tertiary/aromatic N) is 3. The lowest BCUT2D eigenvalue weighted by Gasteiger charge is -2.35. The minimum atomic E-state index is -0.214. The molecule has 1 atom stereocenters. The number of aromatic nitrogens is 1. The Morgan fingerprint density at radius 2 is 1.86 bits per heavy atom. The summed E-state index contributed by atoms with van der Waals surface area (Å²) >= 11 is 0. The van der Waals surface area contributed by atoms with E-state index in [9.17, 15) is 9.18 Å². The van der Waals surface area contributed by atoms with Crippen LogP contribution in [0.1, 0.15) is 54.6 Å². The van der Waals surface area contributed by atoms with Crippen LogP contribution in [0, 0.1) is 17.2 Å². The molecule has 1 aliphatic heterocycles. The van der Waals surface area contributed by atoms with Crippen molar-refractivity contribution in [2.24, 2.45) is 11.3 Å². The Kier molecular flexibility index (Phi) is 5.47. The van der Waals surface area contributed by atoms with Gasteiger partial charge in [0.15, 0.2) is 5.69 Å². The number of rotatable bonds is 3. The molecule has 1 aliphatic carbocycles. The molecule has 156 valence electrons.